The van der Waals surface area contributed by atoms with Crippen LogP contribution in [0.5, 0.6) is 0 Å². The molecule has 1 N–H and O–H groups in total. The Balaban J connectivity index is 1.85. The van der Waals surface area contributed by atoms with Crippen LogP contribution in [-0.2, 0) is 24.4 Å². The summed E-state index contributed by atoms with van der Waals surface area (Å²) in [6.07, 6.45) is 0.970. The quantitative estimate of drug-likeness (QED) is 0.914. The summed E-state index contributed by atoms with van der Waals surface area (Å²) in [7, 11) is 2.02. The molecule has 0 bridgehead atoms. The van der Waals surface area contributed by atoms with Gasteiger partial charge in [-0.15, -0.1) is 0 Å². The van der Waals surface area contributed by atoms with E-state index in [4.69, 9.17) is 4.74 Å². The van der Waals surface area contributed by atoms with Crippen molar-refractivity contribution in [2.75, 3.05) is 7.05 Å². The Labute approximate surface area is 128 Å². The fourth-order valence-electron chi connectivity index (χ4n) is 2.68. The number of ether oxygens (including phenoxy) is 1. The van der Waals surface area contributed by atoms with E-state index >= 15 is 0 Å². The van der Waals surface area contributed by atoms with Crippen LogP contribution in [0.2, 0.25) is 0 Å². The van der Waals surface area contributed by atoms with Gasteiger partial charge in [-0.2, -0.15) is 0 Å². The summed E-state index contributed by atoms with van der Waals surface area (Å²) in [6, 6.07) is 15.4. The Morgan fingerprint density at radius 3 is 2.75 bits per heavy atom. The summed E-state index contributed by atoms with van der Waals surface area (Å²) >= 11 is 3.63. The summed E-state index contributed by atoms with van der Waals surface area (Å²) in [5.41, 5.74) is 5.30. The fraction of sp³-hybridized carbons (Fsp3) is 0.294. The molecule has 1 aliphatic rings. The molecule has 2 aromatic carbocycles. The van der Waals surface area contributed by atoms with Crippen molar-refractivity contribution in [3.05, 3.63) is 69.2 Å². The molecule has 1 atom stereocenters. The fourth-order valence-corrected chi connectivity index (χ4v) is 3.13. The molecule has 0 aliphatic carbocycles. The lowest BCUT2D eigenvalue weighted by Gasteiger charge is -2.18. The molecule has 2 nitrogen and oxygen atoms in total. The van der Waals surface area contributed by atoms with Crippen LogP contribution in [0.1, 0.15) is 28.3 Å². The third kappa shape index (κ3) is 2.80. The molecule has 0 fully saturated rings. The number of hydrogen-bond donors (Lipinski definition) is 1. The predicted octanol–water partition coefficient (Wildman–Crippen LogP) is 3.98. The van der Waals surface area contributed by atoms with Crippen LogP contribution in [0.4, 0.5) is 0 Å². The molecule has 0 saturated carbocycles. The van der Waals surface area contributed by atoms with Gasteiger partial charge < -0.3 is 10.1 Å². The molecule has 0 spiro atoms. The van der Waals surface area contributed by atoms with Gasteiger partial charge in [0.05, 0.1) is 13.2 Å². The zero-order valence-corrected chi connectivity index (χ0v) is 13.1. The minimum atomic E-state index is 0.319. The second-order valence-corrected chi connectivity index (χ2v) is 6.01. The molecule has 1 unspecified atom stereocenters. The number of benzene rings is 2. The van der Waals surface area contributed by atoms with Crippen LogP contribution < -0.4 is 5.32 Å². The Morgan fingerprint density at radius 2 is 1.95 bits per heavy atom. The molecular weight excluding hydrogens is 314 g/mol. The highest BCUT2D eigenvalue weighted by Crippen LogP contribution is 2.27. The van der Waals surface area contributed by atoms with E-state index in [-0.39, 0.29) is 0 Å². The van der Waals surface area contributed by atoms with Crippen molar-refractivity contribution in [3.8, 4) is 0 Å². The van der Waals surface area contributed by atoms with Crippen molar-refractivity contribution in [1.29, 1.82) is 0 Å². The molecule has 3 heteroatoms. The van der Waals surface area contributed by atoms with Gasteiger partial charge >= 0.3 is 0 Å². The summed E-state index contributed by atoms with van der Waals surface area (Å²) in [4.78, 5) is 0. The van der Waals surface area contributed by atoms with Crippen LogP contribution in [0.25, 0.3) is 0 Å². The molecule has 20 heavy (non-hydrogen) atoms. The van der Waals surface area contributed by atoms with Crippen LogP contribution in [0, 0.1) is 0 Å². The molecule has 0 aromatic heterocycles. The van der Waals surface area contributed by atoms with Gasteiger partial charge in [0.25, 0.3) is 0 Å². The lowest BCUT2D eigenvalue weighted by Crippen LogP contribution is -2.19. The molecule has 0 radical (unpaired) electrons. The van der Waals surface area contributed by atoms with Crippen molar-refractivity contribution < 1.29 is 4.74 Å². The van der Waals surface area contributed by atoms with Crippen molar-refractivity contribution in [2.45, 2.75) is 25.7 Å². The smallest absolute Gasteiger partial charge is 0.0725 e. The van der Waals surface area contributed by atoms with Crippen LogP contribution in [0.15, 0.2) is 46.9 Å². The number of halogens is 1. The van der Waals surface area contributed by atoms with Gasteiger partial charge in [-0.3, -0.25) is 0 Å². The number of hydrogen-bond acceptors (Lipinski definition) is 2. The number of rotatable bonds is 4. The lowest BCUT2D eigenvalue weighted by molar-refractivity contribution is 0.134. The first kappa shape index (κ1) is 13.8. The van der Waals surface area contributed by atoms with Crippen molar-refractivity contribution in [1.82, 2.24) is 5.32 Å². The van der Waals surface area contributed by atoms with Gasteiger partial charge in [0.2, 0.25) is 0 Å². The van der Waals surface area contributed by atoms with Gasteiger partial charge in [0.1, 0.15) is 0 Å². The maximum atomic E-state index is 5.49. The lowest BCUT2D eigenvalue weighted by atomic mass is 9.96. The minimum Gasteiger partial charge on any atom is -0.372 e. The van der Waals surface area contributed by atoms with Crippen molar-refractivity contribution >= 4 is 15.9 Å². The normalized spacial score (nSPS) is 15.1. The van der Waals surface area contributed by atoms with E-state index in [2.05, 4.69) is 63.7 Å². The summed E-state index contributed by atoms with van der Waals surface area (Å²) in [5.74, 6) is 0. The molecule has 3 rings (SSSR count). The molecule has 104 valence electrons. The zero-order chi connectivity index (χ0) is 13.9. The Kier molecular flexibility index (Phi) is 4.20. The van der Waals surface area contributed by atoms with Crippen LogP contribution in [0.3, 0.4) is 0 Å². The maximum Gasteiger partial charge on any atom is 0.0725 e. The van der Waals surface area contributed by atoms with Gasteiger partial charge in [-0.25, -0.2) is 0 Å². The van der Waals surface area contributed by atoms with Crippen molar-refractivity contribution in [2.24, 2.45) is 0 Å². The van der Waals surface area contributed by atoms with E-state index in [0.717, 1.165) is 19.6 Å². The molecular formula is C17H18BrNO. The van der Waals surface area contributed by atoms with Gasteiger partial charge in [-0.05, 0) is 41.8 Å². The second kappa shape index (κ2) is 6.08. The van der Waals surface area contributed by atoms with Gasteiger partial charge in [0, 0.05) is 10.5 Å². The minimum absolute atomic E-state index is 0.319. The van der Waals surface area contributed by atoms with Gasteiger partial charge in [-0.1, -0.05) is 52.3 Å². The van der Waals surface area contributed by atoms with Crippen LogP contribution in [-0.4, -0.2) is 7.05 Å². The number of fused-ring (bicyclic) bond motifs is 1. The van der Waals surface area contributed by atoms with Gasteiger partial charge in [0.15, 0.2) is 0 Å². The van der Waals surface area contributed by atoms with E-state index in [0.29, 0.717) is 6.04 Å². The third-order valence-electron chi connectivity index (χ3n) is 3.88. The molecule has 1 heterocycles. The zero-order valence-electron chi connectivity index (χ0n) is 11.5. The highest BCUT2D eigenvalue weighted by Gasteiger charge is 2.16. The maximum absolute atomic E-state index is 5.49. The average Bonchev–Trinajstić information content (AvgIpc) is 2.94. The standard InChI is InChI=1S/C17H18BrNO/c1-19-17(9-12-4-2-3-5-16(12)18)13-6-7-14-10-20-11-15(14)8-13/h2-8,17,19H,9-11H2,1H3. The number of likely N-dealkylation sites (N-methyl/N-ethyl adjacent to an activating group) is 1. The Bertz CT molecular complexity index is 612. The molecule has 0 amide bonds. The Hall–Kier alpha value is -1.16. The van der Waals surface area contributed by atoms with E-state index < -0.39 is 0 Å². The predicted molar refractivity (Wildman–Crippen MR) is 84.6 cm³/mol. The largest absolute Gasteiger partial charge is 0.372 e. The highest BCUT2D eigenvalue weighted by molar-refractivity contribution is 9.10. The SMILES string of the molecule is CNC(Cc1ccccc1Br)c1ccc2c(c1)COC2. The topological polar surface area (TPSA) is 21.3 Å². The summed E-state index contributed by atoms with van der Waals surface area (Å²) in [6.45, 7) is 1.50. The van der Waals surface area contributed by atoms with E-state index in [1.54, 1.807) is 0 Å². The van der Waals surface area contributed by atoms with Crippen molar-refractivity contribution in [3.63, 3.8) is 0 Å². The first-order chi connectivity index (χ1) is 9.78. The monoisotopic (exact) mass is 331 g/mol. The van der Waals surface area contributed by atoms with E-state index in [1.165, 1.54) is 26.7 Å². The summed E-state index contributed by atoms with van der Waals surface area (Å²) in [5, 5.41) is 3.42. The molecule has 1 aliphatic heterocycles. The Morgan fingerprint density at radius 1 is 1.15 bits per heavy atom. The number of nitrogens with one attached hydrogen (secondary N) is 1. The van der Waals surface area contributed by atoms with E-state index in [9.17, 15) is 0 Å². The first-order valence-corrected chi connectivity index (χ1v) is 7.67. The summed E-state index contributed by atoms with van der Waals surface area (Å²) < 4.78 is 6.66. The molecule has 0 saturated heterocycles. The average molecular weight is 332 g/mol. The van der Waals surface area contributed by atoms with Crippen LogP contribution >= 0.6 is 15.9 Å². The van der Waals surface area contributed by atoms with E-state index in [1.807, 2.05) is 7.05 Å². The first-order valence-electron chi connectivity index (χ1n) is 6.88. The highest BCUT2D eigenvalue weighted by atomic mass is 79.9. The second-order valence-electron chi connectivity index (χ2n) is 5.16. The molecule has 2 aromatic rings. The third-order valence-corrected chi connectivity index (χ3v) is 4.65.